The van der Waals surface area contributed by atoms with E-state index in [2.05, 4.69) is 13.0 Å². The minimum absolute atomic E-state index is 0.188. The molecule has 3 fully saturated rings. The van der Waals surface area contributed by atoms with Crippen LogP contribution in [0, 0.1) is 35.0 Å². The number of rotatable bonds is 1. The molecular formula is C20H29FO2. The lowest BCUT2D eigenvalue weighted by molar-refractivity contribution is -0.129. The van der Waals surface area contributed by atoms with E-state index in [1.165, 1.54) is 18.4 Å². The van der Waals surface area contributed by atoms with Gasteiger partial charge in [0.25, 0.3) is 0 Å². The van der Waals surface area contributed by atoms with Crippen LogP contribution >= 0.6 is 0 Å². The van der Waals surface area contributed by atoms with Crippen LogP contribution in [0.1, 0.15) is 65.2 Å². The Morgan fingerprint density at radius 1 is 1.22 bits per heavy atom. The average molecular weight is 320 g/mol. The Morgan fingerprint density at radius 3 is 2.74 bits per heavy atom. The number of fused-ring (bicyclic) bond motifs is 5. The number of hydrogen-bond donors (Lipinski definition) is 1. The fourth-order valence-corrected chi connectivity index (χ4v) is 6.92. The molecule has 23 heavy (non-hydrogen) atoms. The first-order chi connectivity index (χ1) is 10.8. The van der Waals surface area contributed by atoms with E-state index in [9.17, 15) is 14.3 Å². The van der Waals surface area contributed by atoms with Crippen LogP contribution in [-0.4, -0.2) is 16.7 Å². The molecule has 128 valence electrons. The van der Waals surface area contributed by atoms with Gasteiger partial charge in [-0.25, -0.2) is 4.39 Å². The van der Waals surface area contributed by atoms with Crippen LogP contribution in [0.25, 0.3) is 0 Å². The molecule has 0 radical (unpaired) electrons. The Kier molecular flexibility index (Phi) is 3.54. The summed E-state index contributed by atoms with van der Waals surface area (Å²) in [5.74, 6) is 1.09. The monoisotopic (exact) mass is 320 g/mol. The van der Waals surface area contributed by atoms with Gasteiger partial charge in [0.05, 0.1) is 0 Å². The van der Waals surface area contributed by atoms with E-state index >= 15 is 0 Å². The van der Waals surface area contributed by atoms with E-state index in [-0.39, 0.29) is 24.2 Å². The number of Topliss-reactive ketones (excluding diaryl/α,β-unsaturated/α-hetero) is 1. The summed E-state index contributed by atoms with van der Waals surface area (Å²) < 4.78 is 14.0. The second kappa shape index (κ2) is 5.15. The molecular weight excluding hydrogens is 291 g/mol. The summed E-state index contributed by atoms with van der Waals surface area (Å²) in [6.07, 6.45) is 9.13. The highest BCUT2D eigenvalue weighted by Crippen LogP contribution is 2.63. The number of halogens is 1. The fourth-order valence-electron chi connectivity index (χ4n) is 6.92. The number of alkyl halides is 1. The predicted octanol–water partition coefficient (Wildman–Crippen LogP) is 4.42. The Labute approximate surface area is 138 Å². The molecule has 0 saturated heterocycles. The van der Waals surface area contributed by atoms with Gasteiger partial charge < -0.3 is 5.11 Å². The van der Waals surface area contributed by atoms with E-state index in [1.807, 2.05) is 0 Å². The molecule has 3 heteroatoms. The molecule has 0 aromatic carbocycles. The minimum Gasteiger partial charge on any atom is -0.361 e. The lowest BCUT2D eigenvalue weighted by atomic mass is 9.51. The van der Waals surface area contributed by atoms with Crippen molar-refractivity contribution in [1.29, 1.82) is 0 Å². The zero-order chi connectivity index (χ0) is 16.4. The SMILES string of the molecule is CC(=O)[C@H]1CC[C@H]2[C@@H]3CC=C4C[C@@](O)(F)CC[C@@H]4[C@H]3CC[C@]12C. The fraction of sp³-hybridized carbons (Fsp3) is 0.850. The van der Waals surface area contributed by atoms with Crippen LogP contribution in [0.15, 0.2) is 11.6 Å². The summed E-state index contributed by atoms with van der Waals surface area (Å²) in [6.45, 7) is 4.12. The molecule has 0 aromatic rings. The van der Waals surface area contributed by atoms with Gasteiger partial charge in [-0.05, 0) is 74.5 Å². The minimum atomic E-state index is -1.98. The van der Waals surface area contributed by atoms with Gasteiger partial charge in [-0.2, -0.15) is 0 Å². The van der Waals surface area contributed by atoms with Gasteiger partial charge in [0.1, 0.15) is 5.78 Å². The van der Waals surface area contributed by atoms with Crippen molar-refractivity contribution >= 4 is 5.78 Å². The van der Waals surface area contributed by atoms with Gasteiger partial charge in [0.2, 0.25) is 5.85 Å². The molecule has 0 amide bonds. The summed E-state index contributed by atoms with van der Waals surface area (Å²) in [7, 11) is 0. The third-order valence-electron chi connectivity index (χ3n) is 7.94. The topological polar surface area (TPSA) is 37.3 Å². The molecule has 1 N–H and O–H groups in total. The van der Waals surface area contributed by atoms with Gasteiger partial charge in [-0.3, -0.25) is 4.79 Å². The molecule has 0 bridgehead atoms. The van der Waals surface area contributed by atoms with Crippen LogP contribution < -0.4 is 0 Å². The molecule has 2 nitrogen and oxygen atoms in total. The molecule has 0 spiro atoms. The van der Waals surface area contributed by atoms with Crippen molar-refractivity contribution in [2.24, 2.45) is 35.0 Å². The molecule has 0 aliphatic heterocycles. The van der Waals surface area contributed by atoms with Gasteiger partial charge in [-0.15, -0.1) is 0 Å². The zero-order valence-electron chi connectivity index (χ0n) is 14.4. The first-order valence-corrected chi connectivity index (χ1v) is 9.42. The van der Waals surface area contributed by atoms with Crippen molar-refractivity contribution < 1.29 is 14.3 Å². The molecule has 7 atom stereocenters. The van der Waals surface area contributed by atoms with Crippen molar-refractivity contribution in [2.75, 3.05) is 0 Å². The van der Waals surface area contributed by atoms with Crippen LogP contribution in [0.4, 0.5) is 4.39 Å². The van der Waals surface area contributed by atoms with E-state index in [4.69, 9.17) is 0 Å². The maximum Gasteiger partial charge on any atom is 0.210 e. The lowest BCUT2D eigenvalue weighted by Gasteiger charge is -2.53. The number of hydrogen-bond acceptors (Lipinski definition) is 2. The zero-order valence-corrected chi connectivity index (χ0v) is 14.4. The van der Waals surface area contributed by atoms with E-state index < -0.39 is 5.85 Å². The highest BCUT2D eigenvalue weighted by Gasteiger charge is 2.57. The van der Waals surface area contributed by atoms with Crippen LogP contribution in [-0.2, 0) is 4.79 Å². The largest absolute Gasteiger partial charge is 0.361 e. The lowest BCUT2D eigenvalue weighted by Crippen LogP contribution is -2.47. The highest BCUT2D eigenvalue weighted by molar-refractivity contribution is 5.79. The second-order valence-corrected chi connectivity index (χ2v) is 8.97. The van der Waals surface area contributed by atoms with Crippen molar-refractivity contribution in [3.63, 3.8) is 0 Å². The molecule has 0 unspecified atom stereocenters. The molecule has 4 aliphatic rings. The smallest absolute Gasteiger partial charge is 0.210 e. The van der Waals surface area contributed by atoms with Crippen molar-refractivity contribution in [1.82, 2.24) is 0 Å². The first-order valence-electron chi connectivity index (χ1n) is 9.42. The molecule has 0 heterocycles. The Balaban J connectivity index is 1.61. The summed E-state index contributed by atoms with van der Waals surface area (Å²) in [4.78, 5) is 12.1. The maximum atomic E-state index is 14.0. The normalized spacial score (nSPS) is 52.2. The van der Waals surface area contributed by atoms with Crippen molar-refractivity contribution in [3.05, 3.63) is 11.6 Å². The number of carbonyl (C=O) groups excluding carboxylic acids is 1. The van der Waals surface area contributed by atoms with Gasteiger partial charge in [0, 0.05) is 18.8 Å². The van der Waals surface area contributed by atoms with E-state index in [1.54, 1.807) is 6.92 Å². The van der Waals surface area contributed by atoms with Crippen molar-refractivity contribution in [3.8, 4) is 0 Å². The average Bonchev–Trinajstić information content (AvgIpc) is 2.83. The van der Waals surface area contributed by atoms with Crippen LogP contribution in [0.5, 0.6) is 0 Å². The van der Waals surface area contributed by atoms with Crippen LogP contribution in [0.2, 0.25) is 0 Å². The summed E-state index contributed by atoms with van der Waals surface area (Å²) in [6, 6.07) is 0. The number of ketones is 1. The Bertz CT molecular complexity index is 552. The van der Waals surface area contributed by atoms with Crippen LogP contribution in [0.3, 0.4) is 0 Å². The second-order valence-electron chi connectivity index (χ2n) is 8.97. The van der Waals surface area contributed by atoms with E-state index in [0.29, 0.717) is 29.5 Å². The first kappa shape index (κ1) is 15.8. The molecule has 3 saturated carbocycles. The number of allylic oxidation sites excluding steroid dienone is 1. The summed E-state index contributed by atoms with van der Waals surface area (Å²) >= 11 is 0. The summed E-state index contributed by atoms with van der Waals surface area (Å²) in [5, 5.41) is 9.75. The maximum absolute atomic E-state index is 14.0. The number of aliphatic hydroxyl groups is 1. The van der Waals surface area contributed by atoms with Gasteiger partial charge >= 0.3 is 0 Å². The third kappa shape index (κ3) is 2.33. The molecule has 0 aromatic heterocycles. The highest BCUT2D eigenvalue weighted by atomic mass is 19.2. The molecule has 4 aliphatic carbocycles. The quantitative estimate of drug-likeness (QED) is 0.726. The van der Waals surface area contributed by atoms with Crippen molar-refractivity contribution in [2.45, 2.75) is 71.1 Å². The third-order valence-corrected chi connectivity index (χ3v) is 7.94. The van der Waals surface area contributed by atoms with Gasteiger partial charge in [-0.1, -0.05) is 18.6 Å². The number of carbonyl (C=O) groups is 1. The standard InChI is InChI=1S/C20H29FO2/c1-12(22)17-5-6-18-16-4-3-13-11-20(21,23)10-8-14(13)15(16)7-9-19(17,18)2/h3,14-18,23H,4-11H2,1-2H3/t14-,15+,16+,17+,18-,19+,20+/m0/s1. The molecule has 4 rings (SSSR count). The Hall–Kier alpha value is -0.700. The summed E-state index contributed by atoms with van der Waals surface area (Å²) in [5.41, 5.74) is 1.36. The Morgan fingerprint density at radius 2 is 2.00 bits per heavy atom. The van der Waals surface area contributed by atoms with Gasteiger partial charge in [0.15, 0.2) is 0 Å². The predicted molar refractivity (Wildman–Crippen MR) is 87.3 cm³/mol. The van der Waals surface area contributed by atoms with E-state index in [0.717, 1.165) is 25.7 Å².